The molecule has 1 aromatic rings. The van der Waals surface area contributed by atoms with E-state index in [1.165, 1.54) is 17.8 Å². The van der Waals surface area contributed by atoms with Crippen molar-refractivity contribution in [3.63, 3.8) is 0 Å². The molecule has 1 aromatic heterocycles. The van der Waals surface area contributed by atoms with Crippen LogP contribution in [-0.4, -0.2) is 29.6 Å². The summed E-state index contributed by atoms with van der Waals surface area (Å²) in [6.07, 6.45) is 2.15. The molecule has 1 fully saturated rings. The van der Waals surface area contributed by atoms with Crippen molar-refractivity contribution in [2.24, 2.45) is 5.92 Å². The predicted octanol–water partition coefficient (Wildman–Crippen LogP) is 2.56. The maximum atomic E-state index is 12.1. The third kappa shape index (κ3) is 4.01. The molecule has 1 atom stereocenters. The number of carbonyl (C=O) groups is 1. The van der Waals surface area contributed by atoms with E-state index in [4.69, 9.17) is 4.74 Å². The molecule has 19 heavy (non-hydrogen) atoms. The van der Waals surface area contributed by atoms with E-state index < -0.39 is 5.60 Å². The zero-order valence-corrected chi connectivity index (χ0v) is 12.9. The Labute approximate surface area is 118 Å². The number of thiazole rings is 1. The van der Waals surface area contributed by atoms with E-state index in [2.05, 4.69) is 10.3 Å². The third-order valence-electron chi connectivity index (χ3n) is 3.05. The minimum absolute atomic E-state index is 0.252. The molecule has 0 bridgehead atoms. The van der Waals surface area contributed by atoms with Crippen molar-refractivity contribution in [2.45, 2.75) is 46.1 Å². The lowest BCUT2D eigenvalue weighted by atomic mass is 10.1. The first-order valence-corrected chi connectivity index (χ1v) is 7.57. The summed E-state index contributed by atoms with van der Waals surface area (Å²) in [5.74, 6) is 0.398. The Balaban J connectivity index is 2.05. The Bertz CT molecular complexity index is 457. The van der Waals surface area contributed by atoms with E-state index in [-0.39, 0.29) is 5.97 Å². The van der Waals surface area contributed by atoms with Crippen LogP contribution in [-0.2, 0) is 11.2 Å². The summed E-state index contributed by atoms with van der Waals surface area (Å²) in [6, 6.07) is 0. The molecule has 0 amide bonds. The topological polar surface area (TPSA) is 51.2 Å². The second-order valence-electron chi connectivity index (χ2n) is 6.09. The van der Waals surface area contributed by atoms with Crippen LogP contribution < -0.4 is 5.32 Å². The SMILES string of the molecule is Cc1nc(CC2CCNC2)sc1C(=O)OC(C)(C)C. The highest BCUT2D eigenvalue weighted by Gasteiger charge is 2.24. The van der Waals surface area contributed by atoms with Gasteiger partial charge in [-0.3, -0.25) is 0 Å². The van der Waals surface area contributed by atoms with Crippen molar-refractivity contribution in [1.82, 2.24) is 10.3 Å². The number of rotatable bonds is 3. The molecule has 2 rings (SSSR count). The summed E-state index contributed by atoms with van der Waals surface area (Å²) in [5.41, 5.74) is 0.337. The van der Waals surface area contributed by atoms with Gasteiger partial charge in [-0.2, -0.15) is 0 Å². The van der Waals surface area contributed by atoms with Gasteiger partial charge in [-0.25, -0.2) is 9.78 Å². The Morgan fingerprint density at radius 2 is 2.26 bits per heavy atom. The maximum Gasteiger partial charge on any atom is 0.350 e. The fraction of sp³-hybridized carbons (Fsp3) is 0.714. The van der Waals surface area contributed by atoms with Gasteiger partial charge >= 0.3 is 5.97 Å². The Morgan fingerprint density at radius 3 is 2.84 bits per heavy atom. The van der Waals surface area contributed by atoms with Crippen LogP contribution in [0.15, 0.2) is 0 Å². The van der Waals surface area contributed by atoms with E-state index in [9.17, 15) is 4.79 Å². The molecular formula is C14H22N2O2S. The molecule has 0 spiro atoms. The highest BCUT2D eigenvalue weighted by Crippen LogP contribution is 2.25. The molecule has 1 aliphatic heterocycles. The molecule has 1 aliphatic rings. The fourth-order valence-corrected chi connectivity index (χ4v) is 3.24. The minimum Gasteiger partial charge on any atom is -0.456 e. The van der Waals surface area contributed by atoms with Gasteiger partial charge in [0.05, 0.1) is 10.7 Å². The van der Waals surface area contributed by atoms with Crippen molar-refractivity contribution in [1.29, 1.82) is 0 Å². The summed E-state index contributed by atoms with van der Waals surface area (Å²) in [6.45, 7) is 9.67. The van der Waals surface area contributed by atoms with Crippen molar-refractivity contribution in [2.75, 3.05) is 13.1 Å². The summed E-state index contributed by atoms with van der Waals surface area (Å²) < 4.78 is 5.41. The van der Waals surface area contributed by atoms with Gasteiger partial charge in [-0.1, -0.05) is 0 Å². The number of hydrogen-bond donors (Lipinski definition) is 1. The molecule has 1 N–H and O–H groups in total. The molecule has 0 aromatic carbocycles. The van der Waals surface area contributed by atoms with Crippen molar-refractivity contribution >= 4 is 17.3 Å². The van der Waals surface area contributed by atoms with Gasteiger partial charge < -0.3 is 10.1 Å². The lowest BCUT2D eigenvalue weighted by Crippen LogP contribution is -2.23. The van der Waals surface area contributed by atoms with E-state index in [0.29, 0.717) is 10.8 Å². The maximum absolute atomic E-state index is 12.1. The summed E-state index contributed by atoms with van der Waals surface area (Å²) in [7, 11) is 0. The van der Waals surface area contributed by atoms with Gasteiger partial charge in [-0.05, 0) is 53.1 Å². The van der Waals surface area contributed by atoms with Crippen LogP contribution in [0.5, 0.6) is 0 Å². The average Bonchev–Trinajstić information content (AvgIpc) is 2.86. The first-order valence-electron chi connectivity index (χ1n) is 6.75. The number of aryl methyl sites for hydroxylation is 1. The van der Waals surface area contributed by atoms with Crippen molar-refractivity contribution in [3.8, 4) is 0 Å². The Hall–Kier alpha value is -0.940. The van der Waals surface area contributed by atoms with Crippen LogP contribution in [0, 0.1) is 12.8 Å². The lowest BCUT2D eigenvalue weighted by molar-refractivity contribution is 0.00742. The van der Waals surface area contributed by atoms with E-state index in [1.54, 1.807) is 0 Å². The molecule has 1 saturated heterocycles. The summed E-state index contributed by atoms with van der Waals surface area (Å²) >= 11 is 1.48. The molecule has 0 radical (unpaired) electrons. The molecule has 5 heteroatoms. The Morgan fingerprint density at radius 1 is 1.53 bits per heavy atom. The first-order chi connectivity index (χ1) is 8.85. The molecule has 1 unspecified atom stereocenters. The molecule has 0 saturated carbocycles. The van der Waals surface area contributed by atoms with Gasteiger partial charge in [-0.15, -0.1) is 11.3 Å². The number of aromatic nitrogens is 1. The van der Waals surface area contributed by atoms with Crippen LogP contribution in [0.1, 0.15) is 47.6 Å². The monoisotopic (exact) mass is 282 g/mol. The second-order valence-corrected chi connectivity index (χ2v) is 7.17. The zero-order chi connectivity index (χ0) is 14.0. The second kappa shape index (κ2) is 5.59. The lowest BCUT2D eigenvalue weighted by Gasteiger charge is -2.18. The van der Waals surface area contributed by atoms with Gasteiger partial charge in [0.25, 0.3) is 0 Å². The van der Waals surface area contributed by atoms with E-state index in [1.807, 2.05) is 27.7 Å². The largest absolute Gasteiger partial charge is 0.456 e. The summed E-state index contributed by atoms with van der Waals surface area (Å²) in [4.78, 5) is 17.2. The minimum atomic E-state index is -0.455. The van der Waals surface area contributed by atoms with Crippen LogP contribution in [0.4, 0.5) is 0 Å². The number of ether oxygens (including phenoxy) is 1. The molecule has 4 nitrogen and oxygen atoms in total. The first kappa shape index (κ1) is 14.5. The van der Waals surface area contributed by atoms with E-state index in [0.717, 1.165) is 30.2 Å². The van der Waals surface area contributed by atoms with Gasteiger partial charge in [0.2, 0.25) is 0 Å². The standard InChI is InChI=1S/C14H22N2O2S/c1-9-12(13(17)18-14(2,3)4)19-11(16-9)7-10-5-6-15-8-10/h10,15H,5-8H2,1-4H3. The Kier molecular flexibility index (Phi) is 4.26. The molecule has 106 valence electrons. The highest BCUT2D eigenvalue weighted by molar-refractivity contribution is 7.13. The van der Waals surface area contributed by atoms with Gasteiger partial charge in [0.1, 0.15) is 10.5 Å². The number of hydrogen-bond acceptors (Lipinski definition) is 5. The van der Waals surface area contributed by atoms with Gasteiger partial charge in [0, 0.05) is 6.42 Å². The van der Waals surface area contributed by atoms with Crippen molar-refractivity contribution in [3.05, 3.63) is 15.6 Å². The summed E-state index contributed by atoms with van der Waals surface area (Å²) in [5, 5.41) is 4.40. The number of nitrogens with one attached hydrogen (secondary N) is 1. The zero-order valence-electron chi connectivity index (χ0n) is 12.1. The normalized spacial score (nSPS) is 19.7. The number of esters is 1. The van der Waals surface area contributed by atoms with Crippen LogP contribution in [0.2, 0.25) is 0 Å². The fourth-order valence-electron chi connectivity index (χ4n) is 2.19. The average molecular weight is 282 g/mol. The number of nitrogens with zero attached hydrogens (tertiary/aromatic N) is 1. The third-order valence-corrected chi connectivity index (χ3v) is 4.21. The predicted molar refractivity (Wildman–Crippen MR) is 76.7 cm³/mol. The van der Waals surface area contributed by atoms with Crippen LogP contribution in [0.25, 0.3) is 0 Å². The number of carbonyl (C=O) groups excluding carboxylic acids is 1. The van der Waals surface area contributed by atoms with Crippen LogP contribution >= 0.6 is 11.3 Å². The molecule has 0 aliphatic carbocycles. The quantitative estimate of drug-likeness (QED) is 0.866. The van der Waals surface area contributed by atoms with Gasteiger partial charge in [0.15, 0.2) is 0 Å². The van der Waals surface area contributed by atoms with E-state index >= 15 is 0 Å². The highest BCUT2D eigenvalue weighted by atomic mass is 32.1. The molecule has 2 heterocycles. The van der Waals surface area contributed by atoms with Crippen LogP contribution in [0.3, 0.4) is 0 Å². The van der Waals surface area contributed by atoms with Crippen molar-refractivity contribution < 1.29 is 9.53 Å². The molecular weight excluding hydrogens is 260 g/mol. The smallest absolute Gasteiger partial charge is 0.350 e.